The zero-order valence-corrected chi connectivity index (χ0v) is 14.3. The minimum atomic E-state index is -4.52. The summed E-state index contributed by atoms with van der Waals surface area (Å²) in [7, 11) is 0. The van der Waals surface area contributed by atoms with Crippen molar-refractivity contribution in [3.63, 3.8) is 0 Å². The highest BCUT2D eigenvalue weighted by atomic mass is 19.4. The van der Waals surface area contributed by atoms with Gasteiger partial charge in [-0.3, -0.25) is 19.5 Å². The molecule has 3 rings (SSSR count). The Bertz CT molecular complexity index is 1100. The van der Waals surface area contributed by atoms with E-state index in [-0.39, 0.29) is 22.3 Å². The predicted octanol–water partition coefficient (Wildman–Crippen LogP) is 4.11. The van der Waals surface area contributed by atoms with Gasteiger partial charge in [-0.05, 0) is 37.6 Å². The fraction of sp³-hybridized carbons (Fsp3) is 0.222. The SMILES string of the molecule is CC(C)(c1cccc(C(F)(F)F)c1)n1c(=O)cnc2cc([N+](=O)[O-])ccc21. The molecule has 0 spiro atoms. The zero-order valence-electron chi connectivity index (χ0n) is 14.3. The van der Waals surface area contributed by atoms with Crippen molar-refractivity contribution in [1.29, 1.82) is 0 Å². The van der Waals surface area contributed by atoms with Gasteiger partial charge in [-0.1, -0.05) is 12.1 Å². The molecule has 0 saturated carbocycles. The second-order valence-corrected chi connectivity index (χ2v) is 6.50. The van der Waals surface area contributed by atoms with Crippen LogP contribution in [0.1, 0.15) is 25.0 Å². The first-order chi connectivity index (χ1) is 12.5. The van der Waals surface area contributed by atoms with Crippen molar-refractivity contribution in [2.75, 3.05) is 0 Å². The topological polar surface area (TPSA) is 78.0 Å². The van der Waals surface area contributed by atoms with Crippen LogP contribution in [0.3, 0.4) is 0 Å². The van der Waals surface area contributed by atoms with E-state index in [1.54, 1.807) is 13.8 Å². The van der Waals surface area contributed by atoms with Crippen LogP contribution in [0, 0.1) is 10.1 Å². The van der Waals surface area contributed by atoms with E-state index in [1.807, 2.05) is 0 Å². The molecule has 6 nitrogen and oxygen atoms in total. The third-order valence-electron chi connectivity index (χ3n) is 4.40. The minimum Gasteiger partial charge on any atom is -0.296 e. The van der Waals surface area contributed by atoms with E-state index in [2.05, 4.69) is 4.98 Å². The Morgan fingerprint density at radius 3 is 2.37 bits per heavy atom. The molecule has 0 aliphatic rings. The molecule has 0 aliphatic heterocycles. The van der Waals surface area contributed by atoms with Crippen LogP contribution in [-0.2, 0) is 11.7 Å². The van der Waals surface area contributed by atoms with E-state index in [0.717, 1.165) is 18.3 Å². The van der Waals surface area contributed by atoms with Gasteiger partial charge in [-0.25, -0.2) is 4.98 Å². The lowest BCUT2D eigenvalue weighted by Gasteiger charge is -2.30. The molecule has 1 aromatic heterocycles. The van der Waals surface area contributed by atoms with E-state index < -0.39 is 27.8 Å². The summed E-state index contributed by atoms with van der Waals surface area (Å²) in [5.41, 5.74) is -1.95. The van der Waals surface area contributed by atoms with Gasteiger partial charge >= 0.3 is 6.18 Å². The third kappa shape index (κ3) is 3.27. The van der Waals surface area contributed by atoms with Crippen molar-refractivity contribution in [2.45, 2.75) is 25.6 Å². The van der Waals surface area contributed by atoms with Crippen LogP contribution in [0.15, 0.2) is 53.5 Å². The molecular formula is C18H14F3N3O3. The molecule has 2 aromatic carbocycles. The number of hydrogen-bond donors (Lipinski definition) is 0. The summed E-state index contributed by atoms with van der Waals surface area (Å²) in [6, 6.07) is 8.53. The largest absolute Gasteiger partial charge is 0.416 e. The first kappa shape index (κ1) is 18.6. The second kappa shape index (κ2) is 6.19. The zero-order chi connectivity index (χ0) is 20.0. The Morgan fingerprint density at radius 1 is 1.07 bits per heavy atom. The molecule has 0 fully saturated rings. The van der Waals surface area contributed by atoms with E-state index in [1.165, 1.54) is 34.9 Å². The highest BCUT2D eigenvalue weighted by molar-refractivity contribution is 5.77. The number of nitro benzene ring substituents is 1. The van der Waals surface area contributed by atoms with Crippen LogP contribution in [0.4, 0.5) is 18.9 Å². The number of hydrogen-bond acceptors (Lipinski definition) is 4. The van der Waals surface area contributed by atoms with E-state index in [0.29, 0.717) is 0 Å². The normalized spacial score (nSPS) is 12.3. The number of alkyl halides is 3. The quantitative estimate of drug-likeness (QED) is 0.508. The first-order valence-corrected chi connectivity index (χ1v) is 7.86. The number of nitrogens with zero attached hydrogens (tertiary/aromatic N) is 3. The fourth-order valence-electron chi connectivity index (χ4n) is 3.00. The highest BCUT2D eigenvalue weighted by Gasteiger charge is 2.33. The molecule has 1 heterocycles. The molecule has 0 N–H and O–H groups in total. The van der Waals surface area contributed by atoms with Crippen LogP contribution >= 0.6 is 0 Å². The maximum absolute atomic E-state index is 13.1. The maximum atomic E-state index is 13.1. The molecule has 0 amide bonds. The standard InChI is InChI=1S/C18H14F3N3O3/c1-17(2,11-4-3-5-12(8-11)18(19,20)21)23-15-7-6-13(24(26)27)9-14(15)22-10-16(23)25/h3-10H,1-2H3. The number of fused-ring (bicyclic) bond motifs is 1. The Hall–Kier alpha value is -3.23. The molecule has 0 bridgehead atoms. The predicted molar refractivity (Wildman–Crippen MR) is 92.5 cm³/mol. The smallest absolute Gasteiger partial charge is 0.296 e. The third-order valence-corrected chi connectivity index (χ3v) is 4.40. The molecule has 9 heteroatoms. The van der Waals surface area contributed by atoms with Gasteiger partial charge in [-0.2, -0.15) is 13.2 Å². The van der Waals surface area contributed by atoms with Crippen LogP contribution in [-0.4, -0.2) is 14.5 Å². The van der Waals surface area contributed by atoms with Crippen molar-refractivity contribution >= 4 is 16.7 Å². The van der Waals surface area contributed by atoms with Crippen molar-refractivity contribution in [3.8, 4) is 0 Å². The number of aromatic nitrogens is 2. The first-order valence-electron chi connectivity index (χ1n) is 7.86. The van der Waals surface area contributed by atoms with Gasteiger partial charge in [0, 0.05) is 12.1 Å². The lowest BCUT2D eigenvalue weighted by Crippen LogP contribution is -2.37. The molecule has 140 valence electrons. The summed E-state index contributed by atoms with van der Waals surface area (Å²) in [6.45, 7) is 3.20. The van der Waals surface area contributed by atoms with Crippen LogP contribution in [0.25, 0.3) is 11.0 Å². The summed E-state index contributed by atoms with van der Waals surface area (Å²) in [6.07, 6.45) is -3.51. The number of benzene rings is 2. The molecule has 0 saturated heterocycles. The van der Waals surface area contributed by atoms with E-state index in [9.17, 15) is 28.1 Å². The lowest BCUT2D eigenvalue weighted by molar-refractivity contribution is -0.384. The molecule has 27 heavy (non-hydrogen) atoms. The average Bonchev–Trinajstić information content (AvgIpc) is 2.60. The average molecular weight is 377 g/mol. The summed E-state index contributed by atoms with van der Waals surface area (Å²) in [5, 5.41) is 10.9. The van der Waals surface area contributed by atoms with Gasteiger partial charge in [-0.15, -0.1) is 0 Å². The van der Waals surface area contributed by atoms with Gasteiger partial charge in [0.1, 0.15) is 0 Å². The Kier molecular flexibility index (Phi) is 4.25. The summed E-state index contributed by atoms with van der Waals surface area (Å²) in [4.78, 5) is 26.8. The van der Waals surface area contributed by atoms with Crippen LogP contribution < -0.4 is 5.56 Å². The Labute approximate surface area is 151 Å². The van der Waals surface area contributed by atoms with Crippen LogP contribution in [0.5, 0.6) is 0 Å². The number of nitro groups is 1. The fourth-order valence-corrected chi connectivity index (χ4v) is 3.00. The Balaban J connectivity index is 2.26. The van der Waals surface area contributed by atoms with Gasteiger partial charge in [0.15, 0.2) is 0 Å². The second-order valence-electron chi connectivity index (χ2n) is 6.50. The summed E-state index contributed by atoms with van der Waals surface area (Å²) >= 11 is 0. The van der Waals surface area contributed by atoms with Gasteiger partial charge in [0.25, 0.3) is 11.2 Å². The van der Waals surface area contributed by atoms with Crippen molar-refractivity contribution in [1.82, 2.24) is 9.55 Å². The van der Waals surface area contributed by atoms with E-state index >= 15 is 0 Å². The lowest BCUT2D eigenvalue weighted by atomic mass is 9.91. The Morgan fingerprint density at radius 2 is 1.74 bits per heavy atom. The van der Waals surface area contributed by atoms with Crippen LogP contribution in [0.2, 0.25) is 0 Å². The molecule has 0 atom stereocenters. The molecule has 0 aliphatic carbocycles. The van der Waals surface area contributed by atoms with Crippen molar-refractivity contribution in [3.05, 3.63) is 80.3 Å². The van der Waals surface area contributed by atoms with Gasteiger partial charge in [0.05, 0.1) is 33.3 Å². The minimum absolute atomic E-state index is 0.197. The molecule has 0 radical (unpaired) electrons. The molecule has 0 unspecified atom stereocenters. The van der Waals surface area contributed by atoms with E-state index in [4.69, 9.17) is 0 Å². The number of non-ortho nitro benzene ring substituents is 1. The van der Waals surface area contributed by atoms with Gasteiger partial charge in [0.2, 0.25) is 0 Å². The monoisotopic (exact) mass is 377 g/mol. The van der Waals surface area contributed by atoms with Crippen molar-refractivity contribution < 1.29 is 18.1 Å². The highest BCUT2D eigenvalue weighted by Crippen LogP contribution is 2.34. The molecule has 3 aromatic rings. The van der Waals surface area contributed by atoms with Gasteiger partial charge < -0.3 is 0 Å². The summed E-state index contributed by atoms with van der Waals surface area (Å²) < 4.78 is 40.5. The van der Waals surface area contributed by atoms with Crippen molar-refractivity contribution in [2.24, 2.45) is 0 Å². The maximum Gasteiger partial charge on any atom is 0.416 e. The number of rotatable bonds is 3. The molecular weight excluding hydrogens is 363 g/mol. The summed E-state index contributed by atoms with van der Waals surface area (Å²) in [5.74, 6) is 0. The number of halogens is 3.